The van der Waals surface area contributed by atoms with Gasteiger partial charge in [0.25, 0.3) is 0 Å². The molecule has 2 N–H and O–H groups in total. The normalized spacial score (nSPS) is 14.9. The van der Waals surface area contributed by atoms with Gasteiger partial charge in [-0.05, 0) is 29.8 Å². The number of benzene rings is 1. The summed E-state index contributed by atoms with van der Waals surface area (Å²) in [6.07, 6.45) is 5.63. The predicted octanol–water partition coefficient (Wildman–Crippen LogP) is 2.03. The van der Waals surface area contributed by atoms with Crippen molar-refractivity contribution in [2.75, 3.05) is 26.2 Å². The zero-order valence-electron chi connectivity index (χ0n) is 14.8. The molecule has 2 aromatic rings. The summed E-state index contributed by atoms with van der Waals surface area (Å²) < 4.78 is 11.4. The molecule has 1 aromatic heterocycles. The number of nitrogens with two attached hydrogens (primary N) is 1. The lowest BCUT2D eigenvalue weighted by Crippen LogP contribution is -2.42. The maximum Gasteiger partial charge on any atom is 0.226 e. The van der Waals surface area contributed by atoms with Crippen LogP contribution in [0.15, 0.2) is 48.8 Å². The number of carbonyl (C=O) groups excluding carboxylic acids is 1. The number of piperidine rings is 1. The minimum absolute atomic E-state index is 0.135. The van der Waals surface area contributed by atoms with Gasteiger partial charge in [-0.1, -0.05) is 12.1 Å². The average Bonchev–Trinajstić information content (AvgIpc) is 2.68. The van der Waals surface area contributed by atoms with Crippen molar-refractivity contribution in [3.63, 3.8) is 0 Å². The van der Waals surface area contributed by atoms with Crippen molar-refractivity contribution in [2.24, 2.45) is 5.73 Å². The molecule has 6 nitrogen and oxygen atoms in total. The van der Waals surface area contributed by atoms with Gasteiger partial charge in [-0.15, -0.1) is 0 Å². The van der Waals surface area contributed by atoms with E-state index in [-0.39, 0.29) is 12.0 Å². The summed E-state index contributed by atoms with van der Waals surface area (Å²) in [6, 6.07) is 11.4. The second kappa shape index (κ2) is 9.20. The second-order valence-corrected chi connectivity index (χ2v) is 6.35. The Morgan fingerprint density at radius 1 is 1.19 bits per heavy atom. The average molecular weight is 355 g/mol. The SMILES string of the molecule is NCCOc1cccc(CC(=O)N2CCC(Oc3cccnc3)CC2)c1. The lowest BCUT2D eigenvalue weighted by atomic mass is 10.1. The van der Waals surface area contributed by atoms with Crippen LogP contribution in [0.3, 0.4) is 0 Å². The van der Waals surface area contributed by atoms with Crippen LogP contribution in [0.4, 0.5) is 0 Å². The Balaban J connectivity index is 1.48. The summed E-state index contributed by atoms with van der Waals surface area (Å²) in [5, 5.41) is 0. The van der Waals surface area contributed by atoms with Crippen LogP contribution in [0.1, 0.15) is 18.4 Å². The third-order valence-electron chi connectivity index (χ3n) is 4.37. The molecule has 0 unspecified atom stereocenters. The predicted molar refractivity (Wildman–Crippen MR) is 99.2 cm³/mol. The first-order valence-electron chi connectivity index (χ1n) is 9.01. The number of hydrogen-bond acceptors (Lipinski definition) is 5. The fourth-order valence-corrected chi connectivity index (χ4v) is 3.04. The Morgan fingerprint density at radius 3 is 2.73 bits per heavy atom. The lowest BCUT2D eigenvalue weighted by Gasteiger charge is -2.32. The molecule has 0 bridgehead atoms. The molecule has 6 heteroatoms. The summed E-state index contributed by atoms with van der Waals surface area (Å²) in [5.41, 5.74) is 6.41. The molecule has 0 saturated carbocycles. The van der Waals surface area contributed by atoms with E-state index in [1.54, 1.807) is 12.4 Å². The fourth-order valence-electron chi connectivity index (χ4n) is 3.04. The monoisotopic (exact) mass is 355 g/mol. The molecule has 0 radical (unpaired) electrons. The second-order valence-electron chi connectivity index (χ2n) is 6.35. The van der Waals surface area contributed by atoms with Gasteiger partial charge in [0.2, 0.25) is 5.91 Å². The van der Waals surface area contributed by atoms with Crippen molar-refractivity contribution in [2.45, 2.75) is 25.4 Å². The molecule has 1 aliphatic rings. The molecule has 2 heterocycles. The number of rotatable bonds is 7. The molecule has 1 aliphatic heterocycles. The Hall–Kier alpha value is -2.60. The van der Waals surface area contributed by atoms with Crippen LogP contribution >= 0.6 is 0 Å². The standard InChI is InChI=1S/C20H25N3O3/c21-8-12-25-18-4-1-3-16(13-18)14-20(24)23-10-6-17(7-11-23)26-19-5-2-9-22-15-19/h1-5,9,13,15,17H,6-8,10-12,14,21H2. The summed E-state index contributed by atoms with van der Waals surface area (Å²) in [6.45, 7) is 2.38. The molecular weight excluding hydrogens is 330 g/mol. The molecule has 1 amide bonds. The molecule has 3 rings (SSSR count). The van der Waals surface area contributed by atoms with Gasteiger partial charge in [0.05, 0.1) is 12.6 Å². The third kappa shape index (κ3) is 5.20. The van der Waals surface area contributed by atoms with E-state index in [2.05, 4.69) is 4.98 Å². The number of ether oxygens (including phenoxy) is 2. The zero-order chi connectivity index (χ0) is 18.2. The molecule has 1 fully saturated rings. The highest BCUT2D eigenvalue weighted by molar-refractivity contribution is 5.79. The first kappa shape index (κ1) is 18.2. The smallest absolute Gasteiger partial charge is 0.226 e. The van der Waals surface area contributed by atoms with Gasteiger partial charge in [-0.2, -0.15) is 0 Å². The van der Waals surface area contributed by atoms with Crippen molar-refractivity contribution < 1.29 is 14.3 Å². The topological polar surface area (TPSA) is 77.7 Å². The molecule has 1 aromatic carbocycles. The molecule has 0 spiro atoms. The Labute approximate surface area is 153 Å². The third-order valence-corrected chi connectivity index (χ3v) is 4.37. The van der Waals surface area contributed by atoms with Crippen LogP contribution in [0.25, 0.3) is 0 Å². The van der Waals surface area contributed by atoms with E-state index in [4.69, 9.17) is 15.2 Å². The largest absolute Gasteiger partial charge is 0.492 e. The van der Waals surface area contributed by atoms with Crippen LogP contribution in [-0.4, -0.2) is 48.1 Å². The number of pyridine rings is 1. The van der Waals surface area contributed by atoms with Crippen LogP contribution in [0.2, 0.25) is 0 Å². The van der Waals surface area contributed by atoms with Gasteiger partial charge in [0.1, 0.15) is 24.2 Å². The van der Waals surface area contributed by atoms with E-state index in [0.29, 0.717) is 32.7 Å². The highest BCUT2D eigenvalue weighted by Gasteiger charge is 2.24. The van der Waals surface area contributed by atoms with Crippen LogP contribution in [-0.2, 0) is 11.2 Å². The highest BCUT2D eigenvalue weighted by Crippen LogP contribution is 2.19. The van der Waals surface area contributed by atoms with Crippen LogP contribution in [0.5, 0.6) is 11.5 Å². The van der Waals surface area contributed by atoms with Gasteiger partial charge in [-0.25, -0.2) is 0 Å². The van der Waals surface area contributed by atoms with E-state index in [1.165, 1.54) is 0 Å². The lowest BCUT2D eigenvalue weighted by molar-refractivity contribution is -0.132. The minimum Gasteiger partial charge on any atom is -0.492 e. The maximum absolute atomic E-state index is 12.6. The molecule has 1 saturated heterocycles. The quantitative estimate of drug-likeness (QED) is 0.822. The van der Waals surface area contributed by atoms with Crippen molar-refractivity contribution in [3.05, 3.63) is 54.4 Å². The summed E-state index contributed by atoms with van der Waals surface area (Å²) in [7, 11) is 0. The zero-order valence-corrected chi connectivity index (χ0v) is 14.8. The number of aromatic nitrogens is 1. The van der Waals surface area contributed by atoms with E-state index < -0.39 is 0 Å². The van der Waals surface area contributed by atoms with Gasteiger partial charge in [0.15, 0.2) is 0 Å². The van der Waals surface area contributed by atoms with Crippen LogP contribution < -0.4 is 15.2 Å². The van der Waals surface area contributed by atoms with Crippen molar-refractivity contribution in [1.82, 2.24) is 9.88 Å². The Bertz CT molecular complexity index is 700. The van der Waals surface area contributed by atoms with Crippen molar-refractivity contribution in [3.8, 4) is 11.5 Å². The van der Waals surface area contributed by atoms with E-state index in [1.807, 2.05) is 41.3 Å². The van der Waals surface area contributed by atoms with Crippen molar-refractivity contribution >= 4 is 5.91 Å². The fraction of sp³-hybridized carbons (Fsp3) is 0.400. The first-order valence-corrected chi connectivity index (χ1v) is 9.01. The number of likely N-dealkylation sites (tertiary alicyclic amines) is 1. The summed E-state index contributed by atoms with van der Waals surface area (Å²) in [5.74, 6) is 1.68. The molecular formula is C20H25N3O3. The van der Waals surface area contributed by atoms with Crippen molar-refractivity contribution in [1.29, 1.82) is 0 Å². The molecule has 0 aliphatic carbocycles. The van der Waals surface area contributed by atoms with Gasteiger partial charge < -0.3 is 20.1 Å². The Morgan fingerprint density at radius 2 is 2.00 bits per heavy atom. The molecule has 138 valence electrons. The maximum atomic E-state index is 12.6. The summed E-state index contributed by atoms with van der Waals surface area (Å²) >= 11 is 0. The van der Waals surface area contributed by atoms with Gasteiger partial charge in [-0.3, -0.25) is 9.78 Å². The number of nitrogens with zero attached hydrogens (tertiary/aromatic N) is 2. The van der Waals surface area contributed by atoms with E-state index in [0.717, 1.165) is 29.9 Å². The Kier molecular flexibility index (Phi) is 6.44. The minimum atomic E-state index is 0.135. The highest BCUT2D eigenvalue weighted by atomic mass is 16.5. The van der Waals surface area contributed by atoms with Gasteiger partial charge in [0, 0.05) is 38.7 Å². The van der Waals surface area contributed by atoms with Crippen LogP contribution in [0, 0.1) is 0 Å². The molecule has 0 atom stereocenters. The number of carbonyl (C=O) groups is 1. The number of hydrogen-bond donors (Lipinski definition) is 1. The van der Waals surface area contributed by atoms with E-state index >= 15 is 0 Å². The number of amides is 1. The first-order chi connectivity index (χ1) is 12.7. The van der Waals surface area contributed by atoms with E-state index in [9.17, 15) is 4.79 Å². The van der Waals surface area contributed by atoms with Gasteiger partial charge >= 0.3 is 0 Å². The summed E-state index contributed by atoms with van der Waals surface area (Å²) in [4.78, 5) is 18.5. The molecule has 26 heavy (non-hydrogen) atoms.